The molecule has 202 valence electrons. The lowest BCUT2D eigenvalue weighted by Crippen LogP contribution is -2.54. The number of nitrogens with one attached hydrogen (secondary N) is 1. The summed E-state index contributed by atoms with van der Waals surface area (Å²) in [5, 5.41) is 3.54. The van der Waals surface area contributed by atoms with Gasteiger partial charge < -0.3 is 10.2 Å². The number of nitrogens with zero attached hydrogens (tertiary/aromatic N) is 2. The van der Waals surface area contributed by atoms with Gasteiger partial charge in [-0.2, -0.15) is 0 Å². The van der Waals surface area contributed by atoms with Crippen molar-refractivity contribution in [3.63, 3.8) is 0 Å². The number of benzene rings is 2. The van der Waals surface area contributed by atoms with Gasteiger partial charge in [-0.1, -0.05) is 49.9 Å². The molecule has 1 fully saturated rings. The third kappa shape index (κ3) is 7.92. The zero-order valence-corrected chi connectivity index (χ0v) is 23.1. The van der Waals surface area contributed by atoms with Crippen molar-refractivity contribution < 1.29 is 22.4 Å². The molecule has 1 unspecified atom stereocenters. The Hall–Kier alpha value is -2.65. The van der Waals surface area contributed by atoms with Crippen molar-refractivity contribution in [1.29, 1.82) is 0 Å². The molecule has 1 atom stereocenters. The first kappa shape index (κ1) is 28.9. The number of aryl methyl sites for hydroxylation is 1. The molecule has 0 heterocycles. The molecule has 1 N–H and O–H groups in total. The molecule has 0 bridgehead atoms. The van der Waals surface area contributed by atoms with Crippen LogP contribution in [0.2, 0.25) is 5.02 Å². The molecule has 37 heavy (non-hydrogen) atoms. The molecular weight excluding hydrogens is 517 g/mol. The highest BCUT2D eigenvalue weighted by Gasteiger charge is 2.33. The molecule has 0 spiro atoms. The first-order valence-electron chi connectivity index (χ1n) is 12.6. The van der Waals surface area contributed by atoms with Gasteiger partial charge in [-0.15, -0.1) is 0 Å². The molecule has 0 radical (unpaired) electrons. The number of carbonyl (C=O) groups is 2. The number of halogens is 2. The first-order valence-corrected chi connectivity index (χ1v) is 14.8. The van der Waals surface area contributed by atoms with E-state index in [9.17, 15) is 22.4 Å². The summed E-state index contributed by atoms with van der Waals surface area (Å²) < 4.78 is 40.1. The number of rotatable bonds is 10. The summed E-state index contributed by atoms with van der Waals surface area (Å²) in [4.78, 5) is 28.5. The lowest BCUT2D eigenvalue weighted by Gasteiger charge is -2.34. The van der Waals surface area contributed by atoms with Crippen molar-refractivity contribution >= 4 is 39.1 Å². The number of amides is 2. The molecule has 1 aliphatic carbocycles. The summed E-state index contributed by atoms with van der Waals surface area (Å²) in [6.07, 6.45) is 6.39. The second kappa shape index (κ2) is 12.7. The summed E-state index contributed by atoms with van der Waals surface area (Å²) in [6, 6.07) is 9.69. The van der Waals surface area contributed by atoms with Gasteiger partial charge in [0.25, 0.3) is 0 Å². The fourth-order valence-electron chi connectivity index (χ4n) is 4.74. The van der Waals surface area contributed by atoms with Gasteiger partial charge in [-0.05, 0) is 67.6 Å². The summed E-state index contributed by atoms with van der Waals surface area (Å²) in [5.41, 5.74) is 1.56. The van der Waals surface area contributed by atoms with Crippen LogP contribution in [-0.4, -0.2) is 50.0 Å². The Morgan fingerprint density at radius 1 is 1.11 bits per heavy atom. The predicted octanol–water partition coefficient (Wildman–Crippen LogP) is 4.81. The van der Waals surface area contributed by atoms with Gasteiger partial charge in [0.05, 0.1) is 11.9 Å². The lowest BCUT2D eigenvalue weighted by molar-refractivity contribution is -0.140. The van der Waals surface area contributed by atoms with Gasteiger partial charge in [0.1, 0.15) is 18.4 Å². The van der Waals surface area contributed by atoms with Gasteiger partial charge >= 0.3 is 0 Å². The van der Waals surface area contributed by atoms with Crippen LogP contribution in [0.15, 0.2) is 42.5 Å². The maximum absolute atomic E-state index is 13.8. The molecular formula is C27H35ClFN3O4S. The maximum atomic E-state index is 13.8. The van der Waals surface area contributed by atoms with E-state index in [2.05, 4.69) is 5.32 Å². The van der Waals surface area contributed by atoms with Crippen LogP contribution in [0.3, 0.4) is 0 Å². The maximum Gasteiger partial charge on any atom is 0.244 e. The van der Waals surface area contributed by atoms with Gasteiger partial charge in [0.15, 0.2) is 0 Å². The van der Waals surface area contributed by atoms with E-state index >= 15 is 0 Å². The summed E-state index contributed by atoms with van der Waals surface area (Å²) in [7, 11) is -3.84. The molecule has 0 aromatic heterocycles. The van der Waals surface area contributed by atoms with Crippen molar-refractivity contribution in [2.45, 2.75) is 71.0 Å². The standard InChI is InChI=1S/C27H35ClFN3O4S/c1-4-24(27(34)30-23-8-6-5-7-9-23)31(17-20-10-13-22(29)14-11-20)26(33)18-32(37(3,35)36)25-15-12-21(28)16-19(25)2/h10-16,23-24H,4-9,17-18H2,1-3H3,(H,30,34). The Morgan fingerprint density at radius 3 is 2.32 bits per heavy atom. The number of hydrogen-bond acceptors (Lipinski definition) is 4. The summed E-state index contributed by atoms with van der Waals surface area (Å²) >= 11 is 6.05. The van der Waals surface area contributed by atoms with Gasteiger partial charge in [0, 0.05) is 17.6 Å². The Bertz CT molecular complexity index is 1200. The minimum absolute atomic E-state index is 0.0346. The fourth-order valence-corrected chi connectivity index (χ4v) is 5.88. The Balaban J connectivity index is 1.93. The third-order valence-electron chi connectivity index (χ3n) is 6.71. The second-order valence-electron chi connectivity index (χ2n) is 9.62. The highest BCUT2D eigenvalue weighted by molar-refractivity contribution is 7.92. The van der Waals surface area contributed by atoms with E-state index in [1.165, 1.54) is 17.0 Å². The Morgan fingerprint density at radius 2 is 1.76 bits per heavy atom. The van der Waals surface area contributed by atoms with Crippen LogP contribution >= 0.6 is 11.6 Å². The molecule has 1 saturated carbocycles. The van der Waals surface area contributed by atoms with E-state index in [1.54, 1.807) is 37.3 Å². The van der Waals surface area contributed by atoms with Crippen LogP contribution in [0.5, 0.6) is 0 Å². The Kier molecular flexibility index (Phi) is 9.95. The van der Waals surface area contributed by atoms with Gasteiger partial charge in [-0.3, -0.25) is 13.9 Å². The first-order chi connectivity index (χ1) is 17.5. The average molecular weight is 552 g/mol. The van der Waals surface area contributed by atoms with E-state index in [0.29, 0.717) is 28.3 Å². The van der Waals surface area contributed by atoms with E-state index in [1.807, 2.05) is 6.92 Å². The largest absolute Gasteiger partial charge is 0.352 e. The number of hydrogen-bond donors (Lipinski definition) is 1. The number of anilines is 1. The molecule has 2 aromatic carbocycles. The highest BCUT2D eigenvalue weighted by atomic mass is 35.5. The van der Waals surface area contributed by atoms with Crippen LogP contribution in [0.25, 0.3) is 0 Å². The molecule has 1 aliphatic rings. The van der Waals surface area contributed by atoms with Crippen molar-refractivity contribution in [3.8, 4) is 0 Å². The summed E-state index contributed by atoms with van der Waals surface area (Å²) in [5.74, 6) is -1.21. The zero-order chi connectivity index (χ0) is 27.2. The molecule has 2 aromatic rings. The SMILES string of the molecule is CCC(C(=O)NC1CCCCC1)N(Cc1ccc(F)cc1)C(=O)CN(c1ccc(Cl)cc1C)S(C)(=O)=O. The monoisotopic (exact) mass is 551 g/mol. The van der Waals surface area contributed by atoms with E-state index in [-0.39, 0.29) is 18.5 Å². The van der Waals surface area contributed by atoms with Crippen LogP contribution in [-0.2, 0) is 26.2 Å². The van der Waals surface area contributed by atoms with E-state index < -0.39 is 34.3 Å². The summed E-state index contributed by atoms with van der Waals surface area (Å²) in [6.45, 7) is 3.07. The number of sulfonamides is 1. The normalized spacial score (nSPS) is 15.2. The Labute approximate surface area is 224 Å². The fraction of sp³-hybridized carbons (Fsp3) is 0.481. The topological polar surface area (TPSA) is 86.8 Å². The van der Waals surface area contributed by atoms with Crippen LogP contribution in [0.1, 0.15) is 56.6 Å². The van der Waals surface area contributed by atoms with Crippen molar-refractivity contribution in [2.24, 2.45) is 0 Å². The van der Waals surface area contributed by atoms with Crippen LogP contribution in [0.4, 0.5) is 10.1 Å². The molecule has 0 saturated heterocycles. The van der Waals surface area contributed by atoms with Crippen LogP contribution in [0, 0.1) is 12.7 Å². The van der Waals surface area contributed by atoms with Crippen molar-refractivity contribution in [2.75, 3.05) is 17.1 Å². The van der Waals surface area contributed by atoms with Crippen LogP contribution < -0.4 is 9.62 Å². The smallest absolute Gasteiger partial charge is 0.244 e. The molecule has 10 heteroatoms. The second-order valence-corrected chi connectivity index (χ2v) is 12.0. The van der Waals surface area contributed by atoms with E-state index in [4.69, 9.17) is 11.6 Å². The molecule has 7 nitrogen and oxygen atoms in total. The molecule has 0 aliphatic heterocycles. The van der Waals surface area contributed by atoms with Crippen molar-refractivity contribution in [3.05, 3.63) is 64.4 Å². The molecule has 2 amide bonds. The zero-order valence-electron chi connectivity index (χ0n) is 21.5. The third-order valence-corrected chi connectivity index (χ3v) is 8.07. The average Bonchev–Trinajstić information content (AvgIpc) is 2.84. The van der Waals surface area contributed by atoms with E-state index in [0.717, 1.165) is 42.7 Å². The quantitative estimate of drug-likeness (QED) is 0.459. The minimum Gasteiger partial charge on any atom is -0.352 e. The van der Waals surface area contributed by atoms with Gasteiger partial charge in [-0.25, -0.2) is 12.8 Å². The predicted molar refractivity (Wildman–Crippen MR) is 144 cm³/mol. The van der Waals surface area contributed by atoms with Gasteiger partial charge in [0.2, 0.25) is 21.8 Å². The minimum atomic E-state index is -3.84. The highest BCUT2D eigenvalue weighted by Crippen LogP contribution is 2.26. The number of carbonyl (C=O) groups excluding carboxylic acids is 2. The molecule has 3 rings (SSSR count). The lowest BCUT2D eigenvalue weighted by atomic mass is 9.95. The van der Waals surface area contributed by atoms with Crippen molar-refractivity contribution in [1.82, 2.24) is 10.2 Å².